The second-order valence-electron chi connectivity index (χ2n) is 8.13. The Kier molecular flexibility index (Phi) is 11.0. The van der Waals surface area contributed by atoms with Crippen molar-refractivity contribution in [3.05, 3.63) is 118 Å². The number of hydrogen-bond donors (Lipinski definition) is 0. The Morgan fingerprint density at radius 2 is 1.29 bits per heavy atom. The molecule has 2 heterocycles. The minimum Gasteiger partial charge on any atom is -0.461 e. The van der Waals surface area contributed by atoms with Gasteiger partial charge < -0.3 is 9.47 Å². The molecule has 0 aliphatic rings. The first-order valence-electron chi connectivity index (χ1n) is 12.3. The highest BCUT2D eigenvalue weighted by Gasteiger charge is 2.17. The number of hydrogen-bond acceptors (Lipinski definition) is 6. The summed E-state index contributed by atoms with van der Waals surface area (Å²) in [6.07, 6.45) is 6.01. The number of carbonyl (C=O) groups excluding carboxylic acids is 2. The van der Waals surface area contributed by atoms with Gasteiger partial charge in [-0.15, -0.1) is 6.58 Å². The second kappa shape index (κ2) is 14.7. The predicted molar refractivity (Wildman–Crippen MR) is 149 cm³/mol. The zero-order valence-corrected chi connectivity index (χ0v) is 23.1. The van der Waals surface area contributed by atoms with Crippen molar-refractivity contribution in [2.75, 3.05) is 13.2 Å². The Hall–Kier alpha value is -3.98. The fourth-order valence-electron chi connectivity index (χ4n) is 3.58. The molecule has 0 spiro atoms. The number of esters is 2. The molecule has 0 saturated carbocycles. The standard InChI is InChI=1S/C16H18N2O2.C13H13BrN2O2/c1-3-8-14-12-18(11-13-9-6-5-7-10-13)17-15(14)16(19)20-4-2;1-2-18-13(17)12-11(14)9-16(15-12)8-10-6-4-3-5-7-10/h3,5-7,9-10,12H,1,4,8,11H2,2H3;3-7,9H,2,8H2,1H3. The monoisotopic (exact) mass is 578 g/mol. The van der Waals surface area contributed by atoms with Gasteiger partial charge in [0.15, 0.2) is 11.4 Å². The number of benzene rings is 2. The molecule has 4 rings (SSSR count). The minimum absolute atomic E-state index is 0.313. The van der Waals surface area contributed by atoms with Gasteiger partial charge in [-0.1, -0.05) is 66.7 Å². The van der Waals surface area contributed by atoms with Gasteiger partial charge in [0.2, 0.25) is 0 Å². The molecule has 38 heavy (non-hydrogen) atoms. The van der Waals surface area contributed by atoms with E-state index >= 15 is 0 Å². The molecule has 0 amide bonds. The first-order chi connectivity index (χ1) is 18.4. The molecule has 0 fully saturated rings. The topological polar surface area (TPSA) is 88.2 Å². The van der Waals surface area contributed by atoms with Crippen LogP contribution in [0, 0.1) is 0 Å². The first kappa shape index (κ1) is 28.6. The van der Waals surface area contributed by atoms with Gasteiger partial charge in [-0.25, -0.2) is 9.59 Å². The Morgan fingerprint density at radius 3 is 1.79 bits per heavy atom. The van der Waals surface area contributed by atoms with Crippen LogP contribution in [-0.4, -0.2) is 44.7 Å². The van der Waals surface area contributed by atoms with Crippen molar-refractivity contribution in [3.8, 4) is 0 Å². The highest BCUT2D eigenvalue weighted by Crippen LogP contribution is 2.17. The molecule has 8 nitrogen and oxygen atoms in total. The van der Waals surface area contributed by atoms with Gasteiger partial charge in [0.1, 0.15) is 0 Å². The van der Waals surface area contributed by atoms with Crippen molar-refractivity contribution in [3.63, 3.8) is 0 Å². The number of ether oxygens (including phenoxy) is 2. The van der Waals surface area contributed by atoms with Gasteiger partial charge in [-0.05, 0) is 47.3 Å². The van der Waals surface area contributed by atoms with Crippen LogP contribution in [0.15, 0.2) is 90.2 Å². The van der Waals surface area contributed by atoms with E-state index in [-0.39, 0.29) is 5.97 Å². The van der Waals surface area contributed by atoms with Crippen molar-refractivity contribution in [1.29, 1.82) is 0 Å². The second-order valence-corrected chi connectivity index (χ2v) is 8.98. The molecule has 0 radical (unpaired) electrons. The van der Waals surface area contributed by atoms with Crippen LogP contribution < -0.4 is 0 Å². The number of halogens is 1. The Bertz CT molecular complexity index is 1330. The van der Waals surface area contributed by atoms with E-state index in [0.717, 1.165) is 16.7 Å². The quantitative estimate of drug-likeness (QED) is 0.177. The van der Waals surface area contributed by atoms with E-state index in [1.54, 1.807) is 35.5 Å². The maximum absolute atomic E-state index is 11.9. The van der Waals surface area contributed by atoms with Crippen LogP contribution in [-0.2, 0) is 29.0 Å². The summed E-state index contributed by atoms with van der Waals surface area (Å²) in [6.45, 7) is 9.20. The predicted octanol–water partition coefficient (Wildman–Crippen LogP) is 5.71. The van der Waals surface area contributed by atoms with E-state index in [0.29, 0.717) is 48.6 Å². The van der Waals surface area contributed by atoms with Gasteiger partial charge in [-0.3, -0.25) is 9.36 Å². The third-order valence-corrected chi connectivity index (χ3v) is 5.81. The fourth-order valence-corrected chi connectivity index (χ4v) is 4.05. The molecular formula is C29H31BrN4O4. The Labute approximate surface area is 231 Å². The Balaban J connectivity index is 0.000000212. The number of nitrogens with zero attached hydrogens (tertiary/aromatic N) is 4. The molecule has 0 N–H and O–H groups in total. The lowest BCUT2D eigenvalue weighted by Gasteiger charge is -2.01. The summed E-state index contributed by atoms with van der Waals surface area (Å²) >= 11 is 3.32. The van der Waals surface area contributed by atoms with E-state index in [1.807, 2.05) is 66.9 Å². The summed E-state index contributed by atoms with van der Waals surface area (Å²) < 4.78 is 14.1. The first-order valence-corrected chi connectivity index (χ1v) is 13.1. The van der Waals surface area contributed by atoms with Gasteiger partial charge in [-0.2, -0.15) is 10.2 Å². The smallest absolute Gasteiger partial charge is 0.360 e. The van der Waals surface area contributed by atoms with Crippen molar-refractivity contribution in [2.24, 2.45) is 0 Å². The zero-order valence-electron chi connectivity index (χ0n) is 21.5. The van der Waals surface area contributed by atoms with Gasteiger partial charge in [0.05, 0.1) is 30.8 Å². The van der Waals surface area contributed by atoms with Crippen LogP contribution in [0.1, 0.15) is 51.5 Å². The number of allylic oxidation sites excluding steroid dienone is 1. The average molecular weight is 579 g/mol. The fraction of sp³-hybridized carbons (Fsp3) is 0.241. The van der Waals surface area contributed by atoms with Gasteiger partial charge >= 0.3 is 11.9 Å². The summed E-state index contributed by atoms with van der Waals surface area (Å²) in [6, 6.07) is 19.9. The van der Waals surface area contributed by atoms with Crippen LogP contribution in [0.3, 0.4) is 0 Å². The molecule has 9 heteroatoms. The minimum atomic E-state index is -0.406. The van der Waals surface area contributed by atoms with Crippen LogP contribution in [0.4, 0.5) is 0 Å². The maximum Gasteiger partial charge on any atom is 0.360 e. The molecule has 0 aliphatic heterocycles. The molecule has 2 aromatic heterocycles. The Morgan fingerprint density at radius 1 is 0.816 bits per heavy atom. The van der Waals surface area contributed by atoms with Gasteiger partial charge in [0, 0.05) is 18.0 Å². The maximum atomic E-state index is 11.9. The van der Waals surface area contributed by atoms with E-state index in [9.17, 15) is 9.59 Å². The molecule has 0 aliphatic carbocycles. The molecule has 0 saturated heterocycles. The SMILES string of the molecule is C=CCc1cn(Cc2ccccc2)nc1C(=O)OCC.CCOC(=O)c1nn(Cc2ccccc2)cc1Br. The summed E-state index contributed by atoms with van der Waals surface area (Å²) in [5, 5.41) is 8.56. The largest absolute Gasteiger partial charge is 0.461 e. The normalized spacial score (nSPS) is 10.3. The van der Waals surface area contributed by atoms with E-state index in [2.05, 4.69) is 32.7 Å². The van der Waals surface area contributed by atoms with Crippen LogP contribution in [0.25, 0.3) is 0 Å². The van der Waals surface area contributed by atoms with Crippen LogP contribution in [0.5, 0.6) is 0 Å². The van der Waals surface area contributed by atoms with E-state index in [1.165, 1.54) is 0 Å². The third-order valence-electron chi connectivity index (χ3n) is 5.23. The lowest BCUT2D eigenvalue weighted by Crippen LogP contribution is -2.09. The van der Waals surface area contributed by atoms with E-state index in [4.69, 9.17) is 9.47 Å². The lowest BCUT2D eigenvalue weighted by atomic mass is 10.2. The average Bonchev–Trinajstić information content (AvgIpc) is 3.49. The third kappa shape index (κ3) is 8.27. The molecule has 4 aromatic rings. The highest BCUT2D eigenvalue weighted by atomic mass is 79.9. The summed E-state index contributed by atoms with van der Waals surface area (Å²) in [5.41, 5.74) is 3.79. The number of rotatable bonds is 10. The molecular weight excluding hydrogens is 548 g/mol. The molecule has 198 valence electrons. The van der Waals surface area contributed by atoms with Crippen molar-refractivity contribution < 1.29 is 19.1 Å². The van der Waals surface area contributed by atoms with Crippen LogP contribution >= 0.6 is 15.9 Å². The van der Waals surface area contributed by atoms with Crippen LogP contribution in [0.2, 0.25) is 0 Å². The number of carbonyl (C=O) groups is 2. The van der Waals surface area contributed by atoms with Crippen molar-refractivity contribution in [1.82, 2.24) is 19.6 Å². The molecule has 0 bridgehead atoms. The number of aromatic nitrogens is 4. The van der Waals surface area contributed by atoms with Crippen molar-refractivity contribution >= 4 is 27.9 Å². The lowest BCUT2D eigenvalue weighted by molar-refractivity contribution is 0.0508. The highest BCUT2D eigenvalue weighted by molar-refractivity contribution is 9.10. The summed E-state index contributed by atoms with van der Waals surface area (Å²) in [5.74, 6) is -0.785. The van der Waals surface area contributed by atoms with E-state index < -0.39 is 5.97 Å². The molecule has 0 atom stereocenters. The van der Waals surface area contributed by atoms with Crippen molar-refractivity contribution in [2.45, 2.75) is 33.4 Å². The summed E-state index contributed by atoms with van der Waals surface area (Å²) in [4.78, 5) is 23.5. The molecule has 2 aromatic carbocycles. The van der Waals surface area contributed by atoms with Gasteiger partial charge in [0.25, 0.3) is 0 Å². The zero-order chi connectivity index (χ0) is 27.3. The summed E-state index contributed by atoms with van der Waals surface area (Å²) in [7, 11) is 0. The molecule has 0 unspecified atom stereocenters.